The second-order valence-electron chi connectivity index (χ2n) is 7.35. The molecule has 1 aliphatic heterocycles. The van der Waals surface area contributed by atoms with Crippen molar-refractivity contribution < 1.29 is 9.59 Å². The predicted molar refractivity (Wildman–Crippen MR) is 100 cm³/mol. The van der Waals surface area contributed by atoms with Gasteiger partial charge in [-0.25, -0.2) is 0 Å². The fourth-order valence-corrected chi connectivity index (χ4v) is 4.84. The summed E-state index contributed by atoms with van der Waals surface area (Å²) in [6.45, 7) is 6.10. The van der Waals surface area contributed by atoms with Crippen LogP contribution < -0.4 is 5.32 Å². The lowest BCUT2D eigenvalue weighted by Gasteiger charge is -2.35. The summed E-state index contributed by atoms with van der Waals surface area (Å²) in [6.07, 6.45) is 5.64. The van der Waals surface area contributed by atoms with Crippen LogP contribution in [0.15, 0.2) is 10.6 Å². The van der Waals surface area contributed by atoms with Gasteiger partial charge in [0.25, 0.3) is 0 Å². The Kier molecular flexibility index (Phi) is 6.72. The van der Waals surface area contributed by atoms with Gasteiger partial charge in [-0.3, -0.25) is 9.59 Å². The number of nitriles is 2. The number of allylic oxidation sites excluding steroid dienone is 1. The van der Waals surface area contributed by atoms with E-state index in [0.29, 0.717) is 23.2 Å². The number of nitrogens with one attached hydrogen (secondary N) is 1. The van der Waals surface area contributed by atoms with Gasteiger partial charge in [0.15, 0.2) is 0 Å². The van der Waals surface area contributed by atoms with E-state index >= 15 is 0 Å². The minimum absolute atomic E-state index is 0.0312. The Morgan fingerprint density at radius 1 is 1.31 bits per heavy atom. The van der Waals surface area contributed by atoms with Gasteiger partial charge in [-0.1, -0.05) is 44.9 Å². The molecule has 140 valence electrons. The lowest BCUT2D eigenvalue weighted by atomic mass is 9.72. The van der Waals surface area contributed by atoms with Crippen molar-refractivity contribution in [2.75, 3.05) is 12.3 Å². The first kappa shape index (κ1) is 20.3. The van der Waals surface area contributed by atoms with Crippen LogP contribution in [-0.4, -0.2) is 35.1 Å². The van der Waals surface area contributed by atoms with Gasteiger partial charge >= 0.3 is 0 Å². The number of hydrogen-bond acceptors (Lipinski definition) is 5. The van der Waals surface area contributed by atoms with Gasteiger partial charge in [0.05, 0.1) is 28.5 Å². The van der Waals surface area contributed by atoms with Crippen LogP contribution in [0.1, 0.15) is 52.9 Å². The SMILES string of the molecule is CCN(C(=O)CSC1=C(C#N)C(C)(C)[C@H](C#N)C(=O)N1)C1CCCCC1. The van der Waals surface area contributed by atoms with Crippen molar-refractivity contribution in [1.82, 2.24) is 10.2 Å². The Morgan fingerprint density at radius 2 is 1.96 bits per heavy atom. The van der Waals surface area contributed by atoms with Gasteiger partial charge in [-0.05, 0) is 19.8 Å². The van der Waals surface area contributed by atoms with E-state index in [9.17, 15) is 20.1 Å². The molecule has 7 heteroatoms. The molecular weight excluding hydrogens is 348 g/mol. The maximum absolute atomic E-state index is 12.7. The molecule has 0 aromatic carbocycles. The number of amides is 2. The van der Waals surface area contributed by atoms with Crippen LogP contribution in [0, 0.1) is 34.0 Å². The maximum atomic E-state index is 12.7. The molecule has 0 aromatic heterocycles. The molecule has 0 radical (unpaired) electrons. The van der Waals surface area contributed by atoms with Gasteiger partial charge in [0.2, 0.25) is 11.8 Å². The van der Waals surface area contributed by atoms with E-state index in [4.69, 9.17) is 0 Å². The van der Waals surface area contributed by atoms with Crippen molar-refractivity contribution in [3.63, 3.8) is 0 Å². The minimum atomic E-state index is -0.911. The third kappa shape index (κ3) is 4.04. The van der Waals surface area contributed by atoms with Crippen LogP contribution in [0.3, 0.4) is 0 Å². The lowest BCUT2D eigenvalue weighted by molar-refractivity contribution is -0.131. The molecule has 0 unspecified atom stereocenters. The zero-order valence-corrected chi connectivity index (χ0v) is 16.5. The van der Waals surface area contributed by atoms with Crippen LogP contribution in [-0.2, 0) is 9.59 Å². The molecule has 1 saturated carbocycles. The van der Waals surface area contributed by atoms with E-state index in [-0.39, 0.29) is 11.7 Å². The molecule has 1 N–H and O–H groups in total. The van der Waals surface area contributed by atoms with Gasteiger partial charge in [0, 0.05) is 18.0 Å². The summed E-state index contributed by atoms with van der Waals surface area (Å²) in [5.41, 5.74) is -0.507. The number of hydrogen-bond donors (Lipinski definition) is 1. The van der Waals surface area contributed by atoms with E-state index in [1.54, 1.807) is 13.8 Å². The average Bonchev–Trinajstić information content (AvgIpc) is 2.61. The Hall–Kier alpha value is -1.99. The van der Waals surface area contributed by atoms with Gasteiger partial charge in [-0.15, -0.1) is 0 Å². The Bertz CT molecular complexity index is 681. The van der Waals surface area contributed by atoms with Crippen LogP contribution >= 0.6 is 11.8 Å². The summed E-state index contributed by atoms with van der Waals surface area (Å²) in [5, 5.41) is 21.9. The van der Waals surface area contributed by atoms with E-state index in [0.717, 1.165) is 25.7 Å². The molecule has 0 saturated heterocycles. The number of thioether (sulfide) groups is 1. The van der Waals surface area contributed by atoms with Gasteiger partial charge in [-0.2, -0.15) is 10.5 Å². The molecule has 1 heterocycles. The molecule has 0 spiro atoms. The molecule has 26 heavy (non-hydrogen) atoms. The quantitative estimate of drug-likeness (QED) is 0.798. The third-order valence-corrected chi connectivity index (χ3v) is 6.34. The molecule has 1 fully saturated rings. The zero-order chi connectivity index (χ0) is 19.3. The van der Waals surface area contributed by atoms with Crippen molar-refractivity contribution in [3.05, 3.63) is 10.6 Å². The fraction of sp³-hybridized carbons (Fsp3) is 0.684. The van der Waals surface area contributed by atoms with Crippen LogP contribution in [0.25, 0.3) is 0 Å². The largest absolute Gasteiger partial charge is 0.339 e. The summed E-state index contributed by atoms with van der Waals surface area (Å²) in [6, 6.07) is 4.41. The van der Waals surface area contributed by atoms with Crippen LogP contribution in [0.2, 0.25) is 0 Å². The third-order valence-electron chi connectivity index (χ3n) is 5.35. The van der Waals surface area contributed by atoms with Crippen molar-refractivity contribution >= 4 is 23.6 Å². The van der Waals surface area contributed by atoms with E-state index < -0.39 is 17.2 Å². The van der Waals surface area contributed by atoms with Crippen molar-refractivity contribution in [2.24, 2.45) is 11.3 Å². The van der Waals surface area contributed by atoms with Crippen molar-refractivity contribution in [2.45, 2.75) is 58.9 Å². The summed E-state index contributed by atoms with van der Waals surface area (Å²) in [4.78, 5) is 26.8. The van der Waals surface area contributed by atoms with Gasteiger partial charge < -0.3 is 10.2 Å². The second kappa shape index (κ2) is 8.60. The van der Waals surface area contributed by atoms with Gasteiger partial charge in [0.1, 0.15) is 5.92 Å². The van der Waals surface area contributed by atoms with Crippen LogP contribution in [0.5, 0.6) is 0 Å². The number of carbonyl (C=O) groups excluding carboxylic acids is 2. The second-order valence-corrected chi connectivity index (χ2v) is 8.33. The molecule has 2 amide bonds. The van der Waals surface area contributed by atoms with E-state index in [2.05, 4.69) is 11.4 Å². The highest BCUT2D eigenvalue weighted by Gasteiger charge is 2.44. The first-order valence-corrected chi connectivity index (χ1v) is 10.1. The van der Waals surface area contributed by atoms with Crippen molar-refractivity contribution in [3.8, 4) is 12.1 Å². The topological polar surface area (TPSA) is 97.0 Å². The molecule has 2 rings (SSSR count). The smallest absolute Gasteiger partial charge is 0.243 e. The molecule has 1 aliphatic carbocycles. The molecular formula is C19H26N4O2S. The molecule has 0 bridgehead atoms. The Labute approximate surface area is 159 Å². The standard InChI is InChI=1S/C19H26N4O2S/c1-4-23(13-8-6-5-7-9-13)16(24)12-26-18-15(11-21)19(2,3)14(10-20)17(25)22-18/h13-14H,4-9,12H2,1-3H3,(H,22,25)/t14-/m1/s1. The lowest BCUT2D eigenvalue weighted by Crippen LogP contribution is -2.45. The van der Waals surface area contributed by atoms with Crippen molar-refractivity contribution in [1.29, 1.82) is 10.5 Å². The molecule has 6 nitrogen and oxygen atoms in total. The first-order valence-electron chi connectivity index (χ1n) is 9.14. The highest BCUT2D eigenvalue weighted by molar-refractivity contribution is 8.03. The number of nitrogens with zero attached hydrogens (tertiary/aromatic N) is 3. The highest BCUT2D eigenvalue weighted by atomic mass is 32.2. The molecule has 2 aliphatic rings. The zero-order valence-electron chi connectivity index (χ0n) is 15.7. The predicted octanol–water partition coefficient (Wildman–Crippen LogP) is 2.93. The number of rotatable bonds is 5. The Morgan fingerprint density at radius 3 is 2.50 bits per heavy atom. The molecule has 0 aromatic rings. The fourth-order valence-electron chi connectivity index (χ4n) is 3.78. The minimum Gasteiger partial charge on any atom is -0.339 e. The van der Waals surface area contributed by atoms with Crippen LogP contribution in [0.4, 0.5) is 0 Å². The van der Waals surface area contributed by atoms with E-state index in [1.165, 1.54) is 18.2 Å². The maximum Gasteiger partial charge on any atom is 0.243 e. The normalized spacial score (nSPS) is 23.0. The summed E-state index contributed by atoms with van der Waals surface area (Å²) in [5.74, 6) is -1.11. The summed E-state index contributed by atoms with van der Waals surface area (Å²) in [7, 11) is 0. The van der Waals surface area contributed by atoms with E-state index in [1.807, 2.05) is 17.9 Å². The summed E-state index contributed by atoms with van der Waals surface area (Å²) < 4.78 is 0. The number of carbonyl (C=O) groups is 2. The Balaban J connectivity index is 2.12. The average molecular weight is 375 g/mol. The molecule has 1 atom stereocenters. The highest BCUT2D eigenvalue weighted by Crippen LogP contribution is 2.41. The summed E-state index contributed by atoms with van der Waals surface area (Å²) >= 11 is 1.19. The first-order chi connectivity index (χ1) is 12.4. The monoisotopic (exact) mass is 374 g/mol.